The molecule has 0 aliphatic carbocycles. The molecule has 276 valence electrons. The van der Waals surface area contributed by atoms with Crippen LogP contribution in [0.2, 0.25) is 0 Å². The minimum atomic E-state index is -4.30. The van der Waals surface area contributed by atoms with Crippen molar-refractivity contribution in [3.8, 4) is 0 Å². The molecule has 2 aliphatic heterocycles. The maximum absolute atomic E-state index is 14.6. The predicted molar refractivity (Wildman–Crippen MR) is 181 cm³/mol. The van der Waals surface area contributed by atoms with Gasteiger partial charge in [-0.05, 0) is 58.3 Å². The maximum Gasteiger partial charge on any atom is 0.342 e. The second-order valence-corrected chi connectivity index (χ2v) is 15.5. The number of aromatic nitrogens is 4. The Balaban J connectivity index is 1.63. The van der Waals surface area contributed by atoms with Crippen LogP contribution in [-0.4, -0.2) is 104 Å². The van der Waals surface area contributed by atoms with E-state index >= 15 is 0 Å². The summed E-state index contributed by atoms with van der Waals surface area (Å²) in [6.45, 7) is 13.6. The highest BCUT2D eigenvalue weighted by atomic mass is 31.2. The molecule has 0 bridgehead atoms. The normalized spacial score (nSPS) is 24.2. The Morgan fingerprint density at radius 3 is 2.12 bits per heavy atom. The number of carbonyl (C=O) groups is 2. The number of nitrogen functional groups attached to an aromatic ring is 1. The molecule has 49 heavy (non-hydrogen) atoms. The van der Waals surface area contributed by atoms with Crippen molar-refractivity contribution in [3.63, 3.8) is 0 Å². The van der Waals surface area contributed by atoms with E-state index in [0.717, 1.165) is 25.9 Å². The summed E-state index contributed by atoms with van der Waals surface area (Å²) in [7, 11) is -4.30. The lowest BCUT2D eigenvalue weighted by Gasteiger charge is -2.30. The first-order chi connectivity index (χ1) is 23.1. The van der Waals surface area contributed by atoms with Gasteiger partial charge in [-0.2, -0.15) is 9.97 Å². The molecule has 17 nitrogen and oxygen atoms in total. The molecule has 0 spiro atoms. The molecular weight excluding hydrogens is 659 g/mol. The number of nitrogens with zero attached hydrogens (tertiary/aromatic N) is 5. The average Bonchev–Trinajstić information content (AvgIpc) is 3.74. The summed E-state index contributed by atoms with van der Waals surface area (Å²) >= 11 is 0. The van der Waals surface area contributed by atoms with Gasteiger partial charge in [-0.15, -0.1) is 0 Å². The van der Waals surface area contributed by atoms with Crippen LogP contribution in [0.4, 0.5) is 11.8 Å². The largest absolute Gasteiger partial charge is 0.465 e. The molecule has 2 aromatic heterocycles. The van der Waals surface area contributed by atoms with Crippen LogP contribution in [0.25, 0.3) is 11.2 Å². The number of carbonyl (C=O) groups excluding carboxylic acids is 2. The van der Waals surface area contributed by atoms with Crippen LogP contribution in [0.5, 0.6) is 0 Å². The van der Waals surface area contributed by atoms with Gasteiger partial charge in [0.2, 0.25) is 5.95 Å². The van der Waals surface area contributed by atoms with Crippen LogP contribution in [-0.2, 0) is 32.9 Å². The van der Waals surface area contributed by atoms with E-state index < -0.39 is 62.3 Å². The second-order valence-electron chi connectivity index (χ2n) is 13.6. The molecule has 2 fully saturated rings. The molecule has 18 heteroatoms. The van der Waals surface area contributed by atoms with E-state index in [1.807, 2.05) is 27.7 Å². The fraction of sp³-hybridized carbons (Fsp3) is 0.774. The number of nitrogens with one attached hydrogen (secondary N) is 2. The molecule has 2 saturated heterocycles. The lowest BCUT2D eigenvalue weighted by atomic mass is 9.96. The van der Waals surface area contributed by atoms with E-state index in [2.05, 4.69) is 30.0 Å². The number of anilines is 2. The molecule has 0 unspecified atom stereocenters. The minimum absolute atomic E-state index is 0.00319. The quantitative estimate of drug-likeness (QED) is 0.117. The van der Waals surface area contributed by atoms with Crippen molar-refractivity contribution in [1.29, 1.82) is 0 Å². The number of aliphatic hydroxyl groups excluding tert-OH is 1. The zero-order chi connectivity index (χ0) is 36.1. The van der Waals surface area contributed by atoms with Crippen molar-refractivity contribution in [3.05, 3.63) is 6.33 Å². The van der Waals surface area contributed by atoms with Gasteiger partial charge in [0.25, 0.3) is 0 Å². The lowest BCUT2D eigenvalue weighted by molar-refractivity contribution is -0.146. The van der Waals surface area contributed by atoms with Crippen LogP contribution < -0.4 is 20.8 Å². The molecule has 2 aromatic rings. The molecule has 4 rings (SSSR count). The molecule has 0 aromatic carbocycles. The molecule has 0 amide bonds. The van der Waals surface area contributed by atoms with Crippen LogP contribution in [0, 0.1) is 11.8 Å². The van der Waals surface area contributed by atoms with Gasteiger partial charge in [0.15, 0.2) is 23.2 Å². The van der Waals surface area contributed by atoms with Gasteiger partial charge in [0.1, 0.15) is 29.9 Å². The fourth-order valence-electron chi connectivity index (χ4n) is 6.15. The highest BCUT2D eigenvalue weighted by Gasteiger charge is 2.54. The number of fused-ring (bicyclic) bond motifs is 1. The molecule has 4 heterocycles. The van der Waals surface area contributed by atoms with Gasteiger partial charge in [0.05, 0.1) is 26.1 Å². The number of rotatable bonds is 17. The SMILES string of the molecule is CCOC(=O)[C@H](CC(C)C)NP(=O)(N[C@@H](CC(C)C)C(=O)OCC)OC[C@H]1O[C@@H](n2cnc3c(N4CCCC4)nc(N)nc32)[C@](C)(O)[C@@H]1O. The zero-order valence-corrected chi connectivity index (χ0v) is 30.4. The van der Waals surface area contributed by atoms with E-state index in [1.54, 1.807) is 13.8 Å². The monoisotopic (exact) mass is 712 g/mol. The Labute approximate surface area is 287 Å². The van der Waals surface area contributed by atoms with Crippen molar-refractivity contribution >= 4 is 42.5 Å². The first-order valence-electron chi connectivity index (χ1n) is 17.0. The van der Waals surface area contributed by atoms with Crippen LogP contribution in [0.1, 0.15) is 80.4 Å². The predicted octanol–water partition coefficient (Wildman–Crippen LogP) is 2.28. The van der Waals surface area contributed by atoms with Gasteiger partial charge < -0.3 is 39.6 Å². The summed E-state index contributed by atoms with van der Waals surface area (Å²) in [5, 5.41) is 28.5. The molecule has 0 saturated carbocycles. The smallest absolute Gasteiger partial charge is 0.342 e. The second kappa shape index (κ2) is 16.4. The van der Waals surface area contributed by atoms with E-state index in [9.17, 15) is 24.4 Å². The highest BCUT2D eigenvalue weighted by Crippen LogP contribution is 2.45. The van der Waals surface area contributed by atoms with Crippen molar-refractivity contribution in [1.82, 2.24) is 29.7 Å². The number of esters is 2. The summed E-state index contributed by atoms with van der Waals surface area (Å²) in [6, 6.07) is -2.12. The van der Waals surface area contributed by atoms with Crippen LogP contribution in [0.3, 0.4) is 0 Å². The van der Waals surface area contributed by atoms with E-state index in [-0.39, 0.29) is 43.8 Å². The van der Waals surface area contributed by atoms with Crippen molar-refractivity contribution in [2.75, 3.05) is 43.5 Å². The zero-order valence-electron chi connectivity index (χ0n) is 29.5. The Morgan fingerprint density at radius 1 is 1.06 bits per heavy atom. The molecule has 6 N–H and O–H groups in total. The average molecular weight is 713 g/mol. The first-order valence-corrected chi connectivity index (χ1v) is 18.7. The molecule has 2 aliphatic rings. The number of hydrogen-bond acceptors (Lipinski definition) is 14. The first kappa shape index (κ1) is 38.9. The third-order valence-corrected chi connectivity index (χ3v) is 10.3. The Hall–Kier alpha value is -2.92. The molecule has 6 atom stereocenters. The number of aliphatic hydroxyl groups is 2. The highest BCUT2D eigenvalue weighted by molar-refractivity contribution is 7.54. The van der Waals surface area contributed by atoms with Crippen molar-refractivity contribution in [2.24, 2.45) is 11.8 Å². The van der Waals surface area contributed by atoms with Crippen LogP contribution in [0.15, 0.2) is 6.33 Å². The Bertz CT molecular complexity index is 1440. The van der Waals surface area contributed by atoms with Crippen molar-refractivity contribution < 1.29 is 43.1 Å². The topological polar surface area (TPSA) is 226 Å². The van der Waals surface area contributed by atoms with Gasteiger partial charge in [-0.3, -0.25) is 18.7 Å². The minimum Gasteiger partial charge on any atom is -0.465 e. The number of nitrogens with two attached hydrogens (primary N) is 1. The van der Waals surface area contributed by atoms with E-state index in [1.165, 1.54) is 17.8 Å². The van der Waals surface area contributed by atoms with Gasteiger partial charge in [-0.1, -0.05) is 27.7 Å². The summed E-state index contributed by atoms with van der Waals surface area (Å²) in [6.07, 6.45) is -0.0125. The maximum atomic E-state index is 14.6. The van der Waals surface area contributed by atoms with E-state index in [4.69, 9.17) is 24.5 Å². The third kappa shape index (κ3) is 9.25. The number of ether oxygens (including phenoxy) is 3. The Morgan fingerprint density at radius 2 is 1.61 bits per heavy atom. The summed E-state index contributed by atoms with van der Waals surface area (Å²) in [5.41, 5.74) is 4.96. The summed E-state index contributed by atoms with van der Waals surface area (Å²) < 4.78 is 38.7. The Kier molecular flexibility index (Phi) is 13.0. The van der Waals surface area contributed by atoms with Gasteiger partial charge >= 0.3 is 19.6 Å². The van der Waals surface area contributed by atoms with Crippen molar-refractivity contribution in [2.45, 2.75) is 110 Å². The fourth-order valence-corrected chi connectivity index (χ4v) is 7.97. The third-order valence-electron chi connectivity index (χ3n) is 8.46. The molecular formula is C31H53N8O9P. The lowest BCUT2D eigenvalue weighted by Crippen LogP contribution is -2.47. The summed E-state index contributed by atoms with van der Waals surface area (Å²) in [5.74, 6) is -0.694. The molecule has 0 radical (unpaired) electrons. The van der Waals surface area contributed by atoms with Crippen LogP contribution >= 0.6 is 7.67 Å². The van der Waals surface area contributed by atoms with E-state index in [0.29, 0.717) is 17.0 Å². The summed E-state index contributed by atoms with van der Waals surface area (Å²) in [4.78, 5) is 41.3. The van der Waals surface area contributed by atoms with Gasteiger partial charge in [0, 0.05) is 13.1 Å². The number of imidazole rings is 1. The number of hydrogen-bond donors (Lipinski definition) is 5. The standard InChI is InChI=1S/C31H53N8O9P/c1-8-45-27(41)20(14-18(3)4)36-49(44,37-21(15-19(5)6)28(42)46-9-2)47-16-22-24(40)31(7,43)29(48-22)39-17-33-23-25(38-12-10-11-13-38)34-30(32)35-26(23)39/h17-22,24,29,40,43H,8-16H2,1-7H3,(H2,32,34,35)(H2,36,37,44)/t20-,21-,22+,24+,29+,31+/m0/s1. The van der Waals surface area contributed by atoms with Gasteiger partial charge in [-0.25, -0.2) is 15.2 Å².